The van der Waals surface area contributed by atoms with E-state index in [1.54, 1.807) is 0 Å². The Morgan fingerprint density at radius 3 is 2.56 bits per heavy atom. The van der Waals surface area contributed by atoms with Crippen molar-refractivity contribution in [3.05, 3.63) is 70.8 Å². The van der Waals surface area contributed by atoms with Gasteiger partial charge in [0.25, 0.3) is 0 Å². The molecule has 0 aliphatic heterocycles. The van der Waals surface area contributed by atoms with Crippen LogP contribution in [0.1, 0.15) is 36.8 Å². The van der Waals surface area contributed by atoms with Crippen molar-refractivity contribution in [1.29, 1.82) is 0 Å². The summed E-state index contributed by atoms with van der Waals surface area (Å²) in [5, 5.41) is 26.9. The van der Waals surface area contributed by atoms with Crippen LogP contribution in [0.4, 0.5) is 0 Å². The van der Waals surface area contributed by atoms with Gasteiger partial charge in [0.05, 0.1) is 12.3 Å². The van der Waals surface area contributed by atoms with Crippen LogP contribution in [0.3, 0.4) is 0 Å². The number of unbranched alkanes of at least 4 members (excludes halogenated alkanes) is 1. The van der Waals surface area contributed by atoms with Gasteiger partial charge in [-0.1, -0.05) is 73.5 Å². The molecule has 0 bridgehead atoms. The molecule has 0 saturated carbocycles. The number of aliphatic carboxylic acids is 1. The fourth-order valence-electron chi connectivity index (χ4n) is 4.32. The number of nitrogens with zero attached hydrogens (tertiary/aromatic N) is 5. The summed E-state index contributed by atoms with van der Waals surface area (Å²) in [7, 11) is 1.50. The first-order valence-corrected chi connectivity index (χ1v) is 13.0. The van der Waals surface area contributed by atoms with E-state index in [2.05, 4.69) is 37.8 Å². The Balaban J connectivity index is 1.61. The number of tetrazole rings is 1. The number of carbonyl (C=O) groups is 2. The summed E-state index contributed by atoms with van der Waals surface area (Å²) in [5.41, 5.74) is 4.39. The van der Waals surface area contributed by atoms with Gasteiger partial charge in [0.15, 0.2) is 11.3 Å². The van der Waals surface area contributed by atoms with Crippen molar-refractivity contribution in [3.63, 3.8) is 0 Å². The van der Waals surface area contributed by atoms with Crippen LogP contribution in [0.15, 0.2) is 48.5 Å². The number of halogens is 1. The molecule has 4 rings (SSSR count). The number of H-pyrrole nitrogens is 1. The van der Waals surface area contributed by atoms with E-state index in [0.717, 1.165) is 40.9 Å². The molecule has 0 saturated heterocycles. The van der Waals surface area contributed by atoms with Gasteiger partial charge in [-0.15, -0.1) is 10.2 Å². The summed E-state index contributed by atoms with van der Waals surface area (Å²) in [5.74, 6) is 0.0636. The number of imidazole rings is 1. The van der Waals surface area contributed by atoms with Gasteiger partial charge < -0.3 is 24.5 Å². The molecule has 0 aliphatic rings. The lowest BCUT2D eigenvalue weighted by Gasteiger charge is -2.20. The highest BCUT2D eigenvalue weighted by Gasteiger charge is 2.29. The molecule has 11 nitrogen and oxygen atoms in total. The third-order valence-corrected chi connectivity index (χ3v) is 6.73. The standard InChI is InChI=1S/C27H30ClN7O4/c1-3-4-9-23-30-25(28)22(16-39-24(27(37)38)21(15-36)29-2)35(23)14-17-10-12-18(13-11-17)19-7-5-6-8-20(19)26-31-33-34-32-26/h5-8,10-13,15,21,24,29H,3-4,9,14,16H2,1-2H3,(H,37,38)(H,31,32,33,34)/t21?,24-/m0/s1. The summed E-state index contributed by atoms with van der Waals surface area (Å²) < 4.78 is 7.64. The fraction of sp³-hybridized carbons (Fsp3) is 0.333. The van der Waals surface area contributed by atoms with Crippen molar-refractivity contribution in [2.45, 2.75) is 51.5 Å². The lowest BCUT2D eigenvalue weighted by molar-refractivity contribution is -0.154. The minimum absolute atomic E-state index is 0.114. The van der Waals surface area contributed by atoms with Crippen LogP contribution >= 0.6 is 11.6 Å². The molecule has 0 amide bonds. The Kier molecular flexibility index (Phi) is 9.53. The van der Waals surface area contributed by atoms with Crippen LogP contribution < -0.4 is 5.32 Å². The lowest BCUT2D eigenvalue weighted by atomic mass is 9.98. The zero-order valence-corrected chi connectivity index (χ0v) is 22.4. The zero-order valence-electron chi connectivity index (χ0n) is 21.7. The first-order chi connectivity index (χ1) is 19.0. The number of carboxylic acid groups (broad SMARTS) is 1. The Labute approximate surface area is 230 Å². The minimum atomic E-state index is -1.37. The summed E-state index contributed by atoms with van der Waals surface area (Å²) in [6.07, 6.45) is 1.76. The molecular formula is C27H30ClN7O4. The highest BCUT2D eigenvalue weighted by molar-refractivity contribution is 6.30. The summed E-state index contributed by atoms with van der Waals surface area (Å²) in [6.45, 7) is 2.45. The average molecular weight is 552 g/mol. The van der Waals surface area contributed by atoms with Gasteiger partial charge in [0, 0.05) is 18.5 Å². The number of rotatable bonds is 14. The third-order valence-electron chi connectivity index (χ3n) is 6.42. The van der Waals surface area contributed by atoms with Crippen molar-refractivity contribution in [3.8, 4) is 22.5 Å². The Morgan fingerprint density at radius 1 is 1.21 bits per heavy atom. The molecule has 2 aromatic heterocycles. The zero-order chi connectivity index (χ0) is 27.8. The molecule has 0 fully saturated rings. The number of hydrogen-bond donors (Lipinski definition) is 3. The van der Waals surface area contributed by atoms with Crippen molar-refractivity contribution in [2.75, 3.05) is 7.05 Å². The maximum absolute atomic E-state index is 11.7. The normalized spacial score (nSPS) is 12.8. The molecule has 2 aromatic carbocycles. The number of hydrogen-bond acceptors (Lipinski definition) is 8. The van der Waals surface area contributed by atoms with E-state index in [-0.39, 0.29) is 11.8 Å². The first kappa shape index (κ1) is 28.1. The largest absolute Gasteiger partial charge is 0.479 e. The van der Waals surface area contributed by atoms with Crippen LogP contribution in [-0.2, 0) is 33.9 Å². The SMILES string of the molecule is CCCCc1nc(Cl)c(CO[C@H](C(=O)O)C(C=O)NC)n1Cc1ccc(-c2ccccc2-c2nn[nH]n2)cc1. The van der Waals surface area contributed by atoms with Gasteiger partial charge in [-0.3, -0.25) is 0 Å². The second kappa shape index (κ2) is 13.2. The van der Waals surface area contributed by atoms with Crippen molar-refractivity contribution >= 4 is 23.9 Å². The van der Waals surface area contributed by atoms with Crippen molar-refractivity contribution in [1.82, 2.24) is 35.5 Å². The number of aldehydes is 1. The number of aromatic nitrogens is 6. The number of carboxylic acids is 1. The van der Waals surface area contributed by atoms with Gasteiger partial charge in [-0.2, -0.15) is 5.21 Å². The molecule has 39 heavy (non-hydrogen) atoms. The molecule has 2 atom stereocenters. The summed E-state index contributed by atoms with van der Waals surface area (Å²) in [4.78, 5) is 27.6. The Bertz CT molecular complexity index is 1390. The molecule has 12 heteroatoms. The average Bonchev–Trinajstić information content (AvgIpc) is 3.59. The summed E-state index contributed by atoms with van der Waals surface area (Å²) >= 11 is 6.51. The topological polar surface area (TPSA) is 148 Å². The molecule has 4 aromatic rings. The maximum atomic E-state index is 11.7. The lowest BCUT2D eigenvalue weighted by Crippen LogP contribution is -2.45. The van der Waals surface area contributed by atoms with Crippen LogP contribution in [0.25, 0.3) is 22.5 Å². The maximum Gasteiger partial charge on any atom is 0.334 e. The summed E-state index contributed by atoms with van der Waals surface area (Å²) in [6, 6.07) is 14.9. The number of nitrogens with one attached hydrogen (secondary N) is 2. The second-order valence-electron chi connectivity index (χ2n) is 8.95. The van der Waals surface area contributed by atoms with Gasteiger partial charge in [0.1, 0.15) is 18.2 Å². The first-order valence-electron chi connectivity index (χ1n) is 12.6. The minimum Gasteiger partial charge on any atom is -0.479 e. The third kappa shape index (κ3) is 6.56. The molecule has 2 heterocycles. The number of aromatic amines is 1. The quantitative estimate of drug-likeness (QED) is 0.200. The molecule has 1 unspecified atom stereocenters. The predicted molar refractivity (Wildman–Crippen MR) is 145 cm³/mol. The van der Waals surface area contributed by atoms with E-state index in [9.17, 15) is 14.7 Å². The Morgan fingerprint density at radius 2 is 1.95 bits per heavy atom. The molecule has 204 valence electrons. The number of ether oxygens (including phenoxy) is 1. The highest BCUT2D eigenvalue weighted by atomic mass is 35.5. The fourth-order valence-corrected chi connectivity index (χ4v) is 4.58. The van der Waals surface area contributed by atoms with E-state index < -0.39 is 18.1 Å². The molecule has 0 spiro atoms. The van der Waals surface area contributed by atoms with Gasteiger partial charge in [-0.25, -0.2) is 9.78 Å². The predicted octanol–water partition coefficient (Wildman–Crippen LogP) is 3.53. The molecule has 0 radical (unpaired) electrons. The number of benzene rings is 2. The van der Waals surface area contributed by atoms with Crippen LogP contribution in [0.5, 0.6) is 0 Å². The van der Waals surface area contributed by atoms with Crippen LogP contribution in [0, 0.1) is 0 Å². The molecular weight excluding hydrogens is 522 g/mol. The van der Waals surface area contributed by atoms with E-state index in [1.807, 2.05) is 53.1 Å². The van der Waals surface area contributed by atoms with Crippen molar-refractivity contribution in [2.24, 2.45) is 0 Å². The number of likely N-dealkylation sites (N-methyl/N-ethyl adjacent to an activating group) is 1. The molecule has 3 N–H and O–H groups in total. The second-order valence-corrected chi connectivity index (χ2v) is 9.31. The van der Waals surface area contributed by atoms with Gasteiger partial charge in [-0.05, 0) is 35.4 Å². The Hall–Kier alpha value is -3.93. The van der Waals surface area contributed by atoms with Crippen LogP contribution in [-0.4, -0.2) is 66.7 Å². The molecule has 0 aliphatic carbocycles. The highest BCUT2D eigenvalue weighted by Crippen LogP contribution is 2.30. The van der Waals surface area contributed by atoms with Gasteiger partial charge in [0.2, 0.25) is 5.82 Å². The van der Waals surface area contributed by atoms with Crippen LogP contribution in [0.2, 0.25) is 5.15 Å². The van der Waals surface area contributed by atoms with Gasteiger partial charge >= 0.3 is 5.97 Å². The number of carbonyl (C=O) groups excluding carboxylic acids is 1. The number of aryl methyl sites for hydroxylation is 1. The monoisotopic (exact) mass is 551 g/mol. The van der Waals surface area contributed by atoms with E-state index in [1.165, 1.54) is 7.05 Å². The van der Waals surface area contributed by atoms with Crippen molar-refractivity contribution < 1.29 is 19.4 Å². The van der Waals surface area contributed by atoms with E-state index in [4.69, 9.17) is 16.3 Å². The smallest absolute Gasteiger partial charge is 0.334 e. The van der Waals surface area contributed by atoms with E-state index in [0.29, 0.717) is 30.8 Å². The van der Waals surface area contributed by atoms with E-state index >= 15 is 0 Å².